The summed E-state index contributed by atoms with van der Waals surface area (Å²) in [4.78, 5) is 14.2. The lowest BCUT2D eigenvalue weighted by Gasteiger charge is -2.37. The van der Waals surface area contributed by atoms with Crippen molar-refractivity contribution in [2.45, 2.75) is 53.0 Å². The van der Waals surface area contributed by atoms with Crippen LogP contribution < -0.4 is 5.32 Å². The number of hydrogen-bond donors (Lipinski definition) is 1. The second-order valence-corrected chi connectivity index (χ2v) is 5.53. The third-order valence-corrected chi connectivity index (χ3v) is 3.56. The maximum absolute atomic E-state index is 12.2. The third-order valence-electron chi connectivity index (χ3n) is 3.56. The van der Waals surface area contributed by atoms with Crippen LogP contribution in [0.25, 0.3) is 0 Å². The summed E-state index contributed by atoms with van der Waals surface area (Å²) in [5.74, 6) is 0.301. The average Bonchev–Trinajstić information content (AvgIpc) is 2.24. The first kappa shape index (κ1) is 13.5. The van der Waals surface area contributed by atoms with E-state index < -0.39 is 0 Å². The summed E-state index contributed by atoms with van der Waals surface area (Å²) in [5.41, 5.74) is 0.240. The van der Waals surface area contributed by atoms with Crippen molar-refractivity contribution in [3.8, 4) is 0 Å². The van der Waals surface area contributed by atoms with Crippen LogP contribution in [-0.2, 0) is 4.79 Å². The highest BCUT2D eigenvalue weighted by atomic mass is 16.2. The van der Waals surface area contributed by atoms with Crippen LogP contribution in [0, 0.1) is 5.41 Å². The number of carbonyl (C=O) groups excluding carboxylic acids is 1. The van der Waals surface area contributed by atoms with Gasteiger partial charge in [0.05, 0.1) is 6.04 Å². The Kier molecular flexibility index (Phi) is 4.78. The Labute approximate surface area is 99.6 Å². The van der Waals surface area contributed by atoms with Gasteiger partial charge in [-0.2, -0.15) is 0 Å². The number of amides is 1. The Hall–Kier alpha value is -0.570. The number of nitrogens with zero attached hydrogens (tertiary/aromatic N) is 1. The molecule has 3 heteroatoms. The van der Waals surface area contributed by atoms with Gasteiger partial charge >= 0.3 is 0 Å². The molecule has 1 amide bonds. The lowest BCUT2D eigenvalue weighted by molar-refractivity contribution is -0.137. The minimum absolute atomic E-state index is 0.0615. The molecule has 1 fully saturated rings. The van der Waals surface area contributed by atoms with E-state index in [4.69, 9.17) is 0 Å². The molecule has 3 nitrogen and oxygen atoms in total. The molecule has 0 aromatic rings. The first-order chi connectivity index (χ1) is 7.50. The normalized spacial score (nSPS) is 22.6. The molecule has 1 aliphatic rings. The molecule has 0 aromatic carbocycles. The molecule has 1 saturated heterocycles. The van der Waals surface area contributed by atoms with Crippen molar-refractivity contribution in [2.24, 2.45) is 5.41 Å². The van der Waals surface area contributed by atoms with Gasteiger partial charge in [-0.15, -0.1) is 0 Å². The fourth-order valence-electron chi connectivity index (χ4n) is 2.16. The molecular weight excluding hydrogens is 200 g/mol. The lowest BCUT2D eigenvalue weighted by Crippen LogP contribution is -2.52. The van der Waals surface area contributed by atoms with Crippen LogP contribution in [0.15, 0.2) is 0 Å². The minimum atomic E-state index is 0.0615. The molecule has 94 valence electrons. The van der Waals surface area contributed by atoms with Crippen molar-refractivity contribution in [1.29, 1.82) is 0 Å². The highest BCUT2D eigenvalue weighted by molar-refractivity contribution is 5.82. The summed E-state index contributed by atoms with van der Waals surface area (Å²) in [6.45, 7) is 11.4. The number of nitrogens with one attached hydrogen (secondary N) is 1. The summed E-state index contributed by atoms with van der Waals surface area (Å²) in [6.07, 6.45) is 3.24. The van der Waals surface area contributed by atoms with Gasteiger partial charge < -0.3 is 10.2 Å². The van der Waals surface area contributed by atoms with Crippen molar-refractivity contribution in [1.82, 2.24) is 10.2 Å². The Morgan fingerprint density at radius 2 is 2.12 bits per heavy atom. The number of rotatable bonds is 5. The first-order valence-corrected chi connectivity index (χ1v) is 6.52. The van der Waals surface area contributed by atoms with Gasteiger partial charge in [0.2, 0.25) is 5.91 Å². The van der Waals surface area contributed by atoms with E-state index in [-0.39, 0.29) is 11.5 Å². The van der Waals surface area contributed by atoms with Gasteiger partial charge in [0.1, 0.15) is 0 Å². The summed E-state index contributed by atoms with van der Waals surface area (Å²) in [7, 11) is 0. The second kappa shape index (κ2) is 5.67. The summed E-state index contributed by atoms with van der Waals surface area (Å²) < 4.78 is 0. The number of likely N-dealkylation sites (tertiary alicyclic amines) is 1. The first-order valence-electron chi connectivity index (χ1n) is 6.52. The molecule has 16 heavy (non-hydrogen) atoms. The molecule has 1 atom stereocenters. The van der Waals surface area contributed by atoms with Crippen LogP contribution in [0.5, 0.6) is 0 Å². The van der Waals surface area contributed by atoms with Gasteiger partial charge in [-0.05, 0) is 31.2 Å². The van der Waals surface area contributed by atoms with E-state index in [1.807, 2.05) is 4.90 Å². The van der Waals surface area contributed by atoms with Crippen LogP contribution in [0.3, 0.4) is 0 Å². The topological polar surface area (TPSA) is 32.3 Å². The monoisotopic (exact) mass is 226 g/mol. The molecular formula is C13H26N2O. The van der Waals surface area contributed by atoms with E-state index in [1.165, 1.54) is 0 Å². The molecule has 0 radical (unpaired) electrons. The predicted octanol–water partition coefficient (Wildman–Crippen LogP) is 2.02. The molecule has 1 N–H and O–H groups in total. The highest BCUT2D eigenvalue weighted by Crippen LogP contribution is 2.23. The average molecular weight is 226 g/mol. The van der Waals surface area contributed by atoms with Gasteiger partial charge in [0.25, 0.3) is 0 Å². The highest BCUT2D eigenvalue weighted by Gasteiger charge is 2.31. The third kappa shape index (κ3) is 3.48. The summed E-state index contributed by atoms with van der Waals surface area (Å²) in [5, 5.41) is 3.28. The van der Waals surface area contributed by atoms with Gasteiger partial charge in [0.15, 0.2) is 0 Å². The largest absolute Gasteiger partial charge is 0.341 e. The van der Waals surface area contributed by atoms with Crippen molar-refractivity contribution < 1.29 is 4.79 Å². The van der Waals surface area contributed by atoms with Gasteiger partial charge in [-0.25, -0.2) is 0 Å². The van der Waals surface area contributed by atoms with Crippen LogP contribution in [0.1, 0.15) is 47.0 Å². The lowest BCUT2D eigenvalue weighted by atomic mass is 9.88. The molecule has 0 spiro atoms. The summed E-state index contributed by atoms with van der Waals surface area (Å²) >= 11 is 0. The SMILES string of the molecule is CCNC1CCCN(CC(C)(C)CC)C1=O. The van der Waals surface area contributed by atoms with Crippen molar-refractivity contribution in [3.63, 3.8) is 0 Å². The molecule has 1 aliphatic heterocycles. The van der Waals surface area contributed by atoms with E-state index in [0.717, 1.165) is 38.9 Å². The predicted molar refractivity (Wildman–Crippen MR) is 67.4 cm³/mol. The van der Waals surface area contributed by atoms with E-state index >= 15 is 0 Å². The number of likely N-dealkylation sites (N-methyl/N-ethyl adjacent to an activating group) is 1. The Morgan fingerprint density at radius 3 is 2.69 bits per heavy atom. The Morgan fingerprint density at radius 1 is 1.44 bits per heavy atom. The molecule has 1 rings (SSSR count). The quantitative estimate of drug-likeness (QED) is 0.778. The zero-order valence-electron chi connectivity index (χ0n) is 11.2. The fraction of sp³-hybridized carbons (Fsp3) is 0.923. The van der Waals surface area contributed by atoms with E-state index in [1.54, 1.807) is 0 Å². The van der Waals surface area contributed by atoms with Crippen LogP contribution in [0.2, 0.25) is 0 Å². The van der Waals surface area contributed by atoms with Crippen molar-refractivity contribution in [3.05, 3.63) is 0 Å². The minimum Gasteiger partial charge on any atom is -0.341 e. The standard InChI is InChI=1S/C13H26N2O/c1-5-13(3,4)10-15-9-7-8-11(12(15)16)14-6-2/h11,14H,5-10H2,1-4H3. The van der Waals surface area contributed by atoms with Gasteiger partial charge in [-0.3, -0.25) is 4.79 Å². The molecule has 1 unspecified atom stereocenters. The summed E-state index contributed by atoms with van der Waals surface area (Å²) in [6, 6.07) is 0.0615. The van der Waals surface area contributed by atoms with Gasteiger partial charge in [-0.1, -0.05) is 27.7 Å². The van der Waals surface area contributed by atoms with E-state index in [9.17, 15) is 4.79 Å². The number of carbonyl (C=O) groups is 1. The van der Waals surface area contributed by atoms with Crippen molar-refractivity contribution >= 4 is 5.91 Å². The van der Waals surface area contributed by atoms with E-state index in [0.29, 0.717) is 5.91 Å². The Balaban J connectivity index is 2.57. The van der Waals surface area contributed by atoms with Crippen LogP contribution >= 0.6 is 0 Å². The molecule has 0 bridgehead atoms. The molecule has 1 heterocycles. The van der Waals surface area contributed by atoms with Gasteiger partial charge in [0, 0.05) is 13.1 Å². The van der Waals surface area contributed by atoms with Crippen molar-refractivity contribution in [2.75, 3.05) is 19.6 Å². The second-order valence-electron chi connectivity index (χ2n) is 5.53. The smallest absolute Gasteiger partial charge is 0.239 e. The molecule has 0 aliphatic carbocycles. The molecule has 0 saturated carbocycles. The van der Waals surface area contributed by atoms with Crippen LogP contribution in [0.4, 0.5) is 0 Å². The zero-order chi connectivity index (χ0) is 12.2. The fourth-order valence-corrected chi connectivity index (χ4v) is 2.16. The Bertz CT molecular complexity index is 236. The maximum Gasteiger partial charge on any atom is 0.239 e. The molecule has 0 aromatic heterocycles. The number of piperidine rings is 1. The van der Waals surface area contributed by atoms with E-state index in [2.05, 4.69) is 33.0 Å². The number of hydrogen-bond acceptors (Lipinski definition) is 2. The maximum atomic E-state index is 12.2. The van der Waals surface area contributed by atoms with Crippen LogP contribution in [-0.4, -0.2) is 36.5 Å². The zero-order valence-corrected chi connectivity index (χ0v) is 11.2.